The summed E-state index contributed by atoms with van der Waals surface area (Å²) in [5.74, 6) is 1.24. The third-order valence-electron chi connectivity index (χ3n) is 11.3. The van der Waals surface area contributed by atoms with Gasteiger partial charge in [-0.15, -0.1) is 0 Å². The normalized spacial score (nSPS) is 13.1. The SMILES string of the molecule is CC1(C)c2cc(-c3cc(-c4ccc(-c5nc6ccccc6o5)cc4)cc(-c4ccc(-c5nc6ccccc6o5)cc4)c3)ccc2-c2c1ccc1ccccc21. The summed E-state index contributed by atoms with van der Waals surface area (Å²) in [4.78, 5) is 9.46. The molecule has 0 atom stereocenters. The summed E-state index contributed by atoms with van der Waals surface area (Å²) in [5, 5.41) is 2.59. The summed E-state index contributed by atoms with van der Waals surface area (Å²) in [7, 11) is 0. The zero-order chi connectivity index (χ0) is 36.7. The molecule has 0 fully saturated rings. The Bertz CT molecular complexity index is 2910. The maximum Gasteiger partial charge on any atom is 0.227 e. The van der Waals surface area contributed by atoms with Crippen LogP contribution in [-0.4, -0.2) is 9.97 Å². The minimum atomic E-state index is -0.133. The number of hydrogen-bond donors (Lipinski definition) is 0. The first-order valence-corrected chi connectivity index (χ1v) is 18.7. The highest BCUT2D eigenvalue weighted by molar-refractivity contribution is 6.03. The van der Waals surface area contributed by atoms with Crippen LogP contribution < -0.4 is 0 Å². The lowest BCUT2D eigenvalue weighted by Gasteiger charge is -2.22. The number of benzene rings is 8. The summed E-state index contributed by atoms with van der Waals surface area (Å²) in [6.07, 6.45) is 0. The molecule has 0 spiro atoms. The number of hydrogen-bond acceptors (Lipinski definition) is 4. The molecule has 4 nitrogen and oxygen atoms in total. The zero-order valence-corrected chi connectivity index (χ0v) is 30.4. The molecule has 0 saturated carbocycles. The average molecular weight is 707 g/mol. The van der Waals surface area contributed by atoms with E-state index in [1.165, 1.54) is 38.6 Å². The van der Waals surface area contributed by atoms with Crippen LogP contribution in [0.5, 0.6) is 0 Å². The van der Waals surface area contributed by atoms with E-state index in [0.29, 0.717) is 11.8 Å². The quantitative estimate of drug-likeness (QED) is 0.179. The average Bonchev–Trinajstić information content (AvgIpc) is 3.94. The maximum atomic E-state index is 6.09. The summed E-state index contributed by atoms with van der Waals surface area (Å²) >= 11 is 0. The molecule has 8 aromatic carbocycles. The van der Waals surface area contributed by atoms with Gasteiger partial charge in [0.05, 0.1) is 0 Å². The van der Waals surface area contributed by atoms with Crippen molar-refractivity contribution in [3.8, 4) is 67.4 Å². The number of fused-ring (bicyclic) bond motifs is 7. The van der Waals surface area contributed by atoms with Crippen LogP contribution in [0, 0.1) is 0 Å². The maximum absolute atomic E-state index is 6.09. The molecule has 0 saturated heterocycles. The van der Waals surface area contributed by atoms with E-state index in [2.05, 4.69) is 135 Å². The van der Waals surface area contributed by atoms with E-state index < -0.39 is 0 Å². The van der Waals surface area contributed by atoms with Crippen LogP contribution in [0.1, 0.15) is 25.0 Å². The first-order chi connectivity index (χ1) is 27.0. The van der Waals surface area contributed by atoms with Crippen molar-refractivity contribution >= 4 is 33.0 Å². The van der Waals surface area contributed by atoms with Crippen LogP contribution >= 0.6 is 0 Å². The monoisotopic (exact) mass is 706 g/mol. The van der Waals surface area contributed by atoms with Gasteiger partial charge in [0.1, 0.15) is 11.0 Å². The first-order valence-electron chi connectivity index (χ1n) is 18.7. The summed E-state index contributed by atoms with van der Waals surface area (Å²) in [5.41, 5.74) is 17.3. The van der Waals surface area contributed by atoms with Gasteiger partial charge in [-0.05, 0) is 139 Å². The Balaban J connectivity index is 1.02. The van der Waals surface area contributed by atoms with Crippen molar-refractivity contribution in [2.75, 3.05) is 0 Å². The summed E-state index contributed by atoms with van der Waals surface area (Å²) in [6.45, 7) is 4.71. The minimum absolute atomic E-state index is 0.133. The van der Waals surface area contributed by atoms with Gasteiger partial charge in [0.15, 0.2) is 11.2 Å². The molecule has 0 unspecified atom stereocenters. The van der Waals surface area contributed by atoms with Crippen LogP contribution in [0.15, 0.2) is 179 Å². The van der Waals surface area contributed by atoms with Crippen molar-refractivity contribution in [2.45, 2.75) is 19.3 Å². The molecule has 1 aliphatic rings. The molecular weight excluding hydrogens is 673 g/mol. The number of aromatic nitrogens is 2. The topological polar surface area (TPSA) is 52.1 Å². The number of nitrogens with zero attached hydrogens (tertiary/aromatic N) is 2. The van der Waals surface area contributed by atoms with Crippen LogP contribution in [0.2, 0.25) is 0 Å². The molecular formula is C51H34N2O2. The fourth-order valence-corrected chi connectivity index (χ4v) is 8.42. The van der Waals surface area contributed by atoms with Gasteiger partial charge in [0.2, 0.25) is 11.8 Å². The number of rotatable bonds is 5. The van der Waals surface area contributed by atoms with Crippen molar-refractivity contribution in [1.82, 2.24) is 9.97 Å². The van der Waals surface area contributed by atoms with Gasteiger partial charge in [-0.25, -0.2) is 9.97 Å². The summed E-state index contributed by atoms with van der Waals surface area (Å²) < 4.78 is 12.2. The van der Waals surface area contributed by atoms with Gasteiger partial charge in [-0.3, -0.25) is 0 Å². The van der Waals surface area contributed by atoms with Crippen molar-refractivity contribution in [3.05, 3.63) is 181 Å². The molecule has 0 aliphatic heterocycles. The lowest BCUT2D eigenvalue weighted by atomic mass is 9.81. The van der Waals surface area contributed by atoms with Gasteiger partial charge in [-0.2, -0.15) is 0 Å². The second kappa shape index (κ2) is 12.0. The fraction of sp³-hybridized carbons (Fsp3) is 0.0588. The van der Waals surface area contributed by atoms with Crippen molar-refractivity contribution in [2.24, 2.45) is 0 Å². The van der Waals surface area contributed by atoms with Crippen LogP contribution in [0.4, 0.5) is 0 Å². The van der Waals surface area contributed by atoms with Gasteiger partial charge >= 0.3 is 0 Å². The standard InChI is InChI=1S/C51H34N2O2/c1-51(2)42-26-24-33-9-3-4-10-40(33)48(42)41-25-23-36(30-43(41)51)39-28-37(31-15-19-34(20-16-31)49-52-44-11-5-7-13-46(44)54-49)27-38(29-39)32-17-21-35(22-18-32)50-53-45-12-6-8-14-47(45)55-50/h3-30H,1-2H3. The van der Waals surface area contributed by atoms with Crippen LogP contribution in [-0.2, 0) is 5.41 Å². The van der Waals surface area contributed by atoms with Gasteiger partial charge in [0.25, 0.3) is 0 Å². The van der Waals surface area contributed by atoms with Gasteiger partial charge in [-0.1, -0.05) is 111 Å². The molecule has 0 amide bonds. The Hall–Kier alpha value is -7.04. The highest BCUT2D eigenvalue weighted by Crippen LogP contribution is 2.52. The molecule has 2 aromatic heterocycles. The molecule has 10 aromatic rings. The largest absolute Gasteiger partial charge is 0.436 e. The number of oxazole rings is 2. The van der Waals surface area contributed by atoms with Crippen molar-refractivity contribution in [1.29, 1.82) is 0 Å². The van der Waals surface area contributed by atoms with E-state index in [1.807, 2.05) is 48.5 Å². The highest BCUT2D eigenvalue weighted by atomic mass is 16.4. The lowest BCUT2D eigenvalue weighted by Crippen LogP contribution is -2.15. The Morgan fingerprint density at radius 2 is 0.891 bits per heavy atom. The molecule has 0 bridgehead atoms. The molecule has 0 radical (unpaired) electrons. The predicted octanol–water partition coefficient (Wildman–Crippen LogP) is 13.8. The van der Waals surface area contributed by atoms with Crippen molar-refractivity contribution < 1.29 is 8.83 Å². The van der Waals surface area contributed by atoms with Gasteiger partial charge in [0, 0.05) is 16.5 Å². The first kappa shape index (κ1) is 31.5. The Kier molecular flexibility index (Phi) is 6.86. The molecule has 55 heavy (non-hydrogen) atoms. The molecule has 1 aliphatic carbocycles. The van der Waals surface area contributed by atoms with E-state index in [4.69, 9.17) is 18.8 Å². The third-order valence-corrected chi connectivity index (χ3v) is 11.3. The van der Waals surface area contributed by atoms with Crippen molar-refractivity contribution in [3.63, 3.8) is 0 Å². The second-order valence-corrected chi connectivity index (χ2v) is 15.0. The minimum Gasteiger partial charge on any atom is -0.436 e. The van der Waals surface area contributed by atoms with Crippen LogP contribution in [0.3, 0.4) is 0 Å². The predicted molar refractivity (Wildman–Crippen MR) is 224 cm³/mol. The van der Waals surface area contributed by atoms with E-state index in [0.717, 1.165) is 61.1 Å². The third kappa shape index (κ3) is 5.14. The second-order valence-electron chi connectivity index (χ2n) is 15.0. The Morgan fingerprint density at radius 1 is 0.400 bits per heavy atom. The van der Waals surface area contributed by atoms with E-state index in [1.54, 1.807) is 0 Å². The van der Waals surface area contributed by atoms with E-state index >= 15 is 0 Å². The Labute approximate surface area is 318 Å². The molecule has 2 heterocycles. The number of para-hydroxylation sites is 4. The summed E-state index contributed by atoms with van der Waals surface area (Å²) in [6, 6.07) is 60.1. The molecule has 4 heteroatoms. The molecule has 260 valence electrons. The zero-order valence-electron chi connectivity index (χ0n) is 30.4. The molecule has 0 N–H and O–H groups in total. The fourth-order valence-electron chi connectivity index (χ4n) is 8.42. The highest BCUT2D eigenvalue weighted by Gasteiger charge is 2.36. The lowest BCUT2D eigenvalue weighted by molar-refractivity contribution is 0.619. The van der Waals surface area contributed by atoms with E-state index in [-0.39, 0.29) is 5.41 Å². The van der Waals surface area contributed by atoms with E-state index in [9.17, 15) is 0 Å². The smallest absolute Gasteiger partial charge is 0.227 e. The molecule has 11 rings (SSSR count). The van der Waals surface area contributed by atoms with Gasteiger partial charge < -0.3 is 8.83 Å². The Morgan fingerprint density at radius 3 is 1.47 bits per heavy atom. The van der Waals surface area contributed by atoms with Crippen LogP contribution in [0.25, 0.3) is 100 Å².